The highest BCUT2D eigenvalue weighted by Crippen LogP contribution is 2.32. The molecule has 0 aliphatic carbocycles. The van der Waals surface area contributed by atoms with Gasteiger partial charge in [0, 0.05) is 17.8 Å². The predicted octanol–water partition coefficient (Wildman–Crippen LogP) is 3.61. The first-order valence-electron chi connectivity index (χ1n) is 7.72. The number of pyridine rings is 1. The average molecular weight is 364 g/mol. The van der Waals surface area contributed by atoms with Crippen LogP contribution < -0.4 is 5.32 Å². The van der Waals surface area contributed by atoms with Crippen molar-refractivity contribution in [2.24, 2.45) is 0 Å². The number of aliphatic hydroxyl groups excluding tert-OH is 1. The first-order valence-corrected chi connectivity index (χ1v) is 7.72. The summed E-state index contributed by atoms with van der Waals surface area (Å²) in [5, 5.41) is 15.7. The molecule has 0 saturated heterocycles. The number of rotatable bonds is 5. The number of aliphatic hydroxyl groups is 1. The molecule has 2 N–H and O–H groups in total. The van der Waals surface area contributed by atoms with Crippen molar-refractivity contribution in [3.63, 3.8) is 0 Å². The molecule has 0 unspecified atom stereocenters. The molecular weight excluding hydrogens is 349 g/mol. The molecule has 1 atom stereocenters. The molecule has 0 amide bonds. The van der Waals surface area contributed by atoms with Crippen LogP contribution in [0.15, 0.2) is 47.1 Å². The number of hydrogen-bond donors (Lipinski definition) is 2. The average Bonchev–Trinajstić information content (AvgIpc) is 3.12. The number of nitrogens with one attached hydrogen (secondary N) is 1. The molecule has 3 rings (SSSR count). The van der Waals surface area contributed by atoms with Crippen LogP contribution in [-0.4, -0.2) is 32.9 Å². The zero-order chi connectivity index (χ0) is 18.7. The Morgan fingerprint density at radius 2 is 2.00 bits per heavy atom. The Morgan fingerprint density at radius 3 is 2.65 bits per heavy atom. The number of anilines is 1. The molecule has 0 radical (unpaired) electrons. The molecule has 26 heavy (non-hydrogen) atoms. The second-order valence-electron chi connectivity index (χ2n) is 5.66. The molecule has 136 valence electrons. The molecule has 0 fully saturated rings. The minimum absolute atomic E-state index is 0.0343. The molecule has 1 aromatic carbocycles. The van der Waals surface area contributed by atoms with Crippen LogP contribution in [0.1, 0.15) is 12.5 Å². The second kappa shape index (κ2) is 7.12. The highest BCUT2D eigenvalue weighted by atomic mass is 19.4. The Kier molecular flexibility index (Phi) is 4.90. The molecule has 3 aromatic rings. The van der Waals surface area contributed by atoms with Crippen LogP contribution in [0.5, 0.6) is 0 Å². The van der Waals surface area contributed by atoms with E-state index in [1.165, 1.54) is 18.3 Å². The van der Waals surface area contributed by atoms with Crippen molar-refractivity contribution in [2.75, 3.05) is 11.9 Å². The van der Waals surface area contributed by atoms with Crippen LogP contribution in [0.3, 0.4) is 0 Å². The smallest absolute Gasteiger partial charge is 0.394 e. The van der Waals surface area contributed by atoms with E-state index in [9.17, 15) is 13.2 Å². The fourth-order valence-corrected chi connectivity index (χ4v) is 2.20. The van der Waals surface area contributed by atoms with Crippen LogP contribution in [0, 0.1) is 0 Å². The van der Waals surface area contributed by atoms with Crippen molar-refractivity contribution in [3.8, 4) is 22.8 Å². The van der Waals surface area contributed by atoms with Gasteiger partial charge in [0.15, 0.2) is 0 Å². The first kappa shape index (κ1) is 17.9. The van der Waals surface area contributed by atoms with E-state index in [0.717, 1.165) is 12.1 Å². The molecule has 0 aliphatic heterocycles. The van der Waals surface area contributed by atoms with Crippen LogP contribution in [0.25, 0.3) is 22.8 Å². The van der Waals surface area contributed by atoms with Crippen LogP contribution in [0.2, 0.25) is 0 Å². The van der Waals surface area contributed by atoms with Gasteiger partial charge in [0.2, 0.25) is 5.82 Å². The molecule has 0 bridgehead atoms. The number of aromatic nitrogens is 3. The van der Waals surface area contributed by atoms with E-state index in [1.807, 2.05) is 0 Å². The first-order chi connectivity index (χ1) is 12.4. The fraction of sp³-hybridized carbons (Fsp3) is 0.235. The Balaban J connectivity index is 1.82. The minimum atomic E-state index is -4.44. The van der Waals surface area contributed by atoms with Crippen LogP contribution >= 0.6 is 0 Å². The van der Waals surface area contributed by atoms with E-state index in [0.29, 0.717) is 11.4 Å². The molecular formula is C17H15F3N4O2. The highest BCUT2D eigenvalue weighted by molar-refractivity contribution is 5.60. The molecule has 0 aliphatic rings. The molecule has 9 heteroatoms. The van der Waals surface area contributed by atoms with Gasteiger partial charge in [-0.05, 0) is 31.2 Å². The number of benzene rings is 1. The van der Waals surface area contributed by atoms with Gasteiger partial charge in [-0.25, -0.2) is 4.98 Å². The summed E-state index contributed by atoms with van der Waals surface area (Å²) in [6, 6.07) is 7.93. The van der Waals surface area contributed by atoms with Crippen LogP contribution in [-0.2, 0) is 6.18 Å². The van der Waals surface area contributed by atoms with E-state index >= 15 is 0 Å². The van der Waals surface area contributed by atoms with Gasteiger partial charge in [-0.2, -0.15) is 18.2 Å². The third kappa shape index (κ3) is 3.99. The van der Waals surface area contributed by atoms with Crippen molar-refractivity contribution in [1.82, 2.24) is 15.1 Å². The van der Waals surface area contributed by atoms with E-state index < -0.39 is 11.7 Å². The van der Waals surface area contributed by atoms with Gasteiger partial charge in [-0.1, -0.05) is 17.3 Å². The Bertz CT molecular complexity index is 878. The van der Waals surface area contributed by atoms with Gasteiger partial charge in [0.25, 0.3) is 5.89 Å². The largest absolute Gasteiger partial charge is 0.416 e. The van der Waals surface area contributed by atoms with Gasteiger partial charge in [0.05, 0.1) is 17.7 Å². The normalized spacial score (nSPS) is 12.8. The lowest BCUT2D eigenvalue weighted by Gasteiger charge is -2.10. The summed E-state index contributed by atoms with van der Waals surface area (Å²) in [7, 11) is 0. The van der Waals surface area contributed by atoms with E-state index in [2.05, 4.69) is 20.4 Å². The van der Waals surface area contributed by atoms with Gasteiger partial charge < -0.3 is 14.9 Å². The summed E-state index contributed by atoms with van der Waals surface area (Å²) in [6.45, 7) is 1.77. The quantitative estimate of drug-likeness (QED) is 0.720. The molecule has 6 nitrogen and oxygen atoms in total. The van der Waals surface area contributed by atoms with E-state index in [4.69, 9.17) is 9.63 Å². The number of nitrogens with zero attached hydrogens (tertiary/aromatic N) is 3. The Hall–Kier alpha value is -2.94. The molecule has 2 heterocycles. The van der Waals surface area contributed by atoms with Crippen molar-refractivity contribution < 1.29 is 22.8 Å². The minimum Gasteiger partial charge on any atom is -0.394 e. The monoisotopic (exact) mass is 364 g/mol. The van der Waals surface area contributed by atoms with E-state index in [-0.39, 0.29) is 29.9 Å². The van der Waals surface area contributed by atoms with E-state index in [1.54, 1.807) is 19.1 Å². The topological polar surface area (TPSA) is 84.1 Å². The molecule has 2 aromatic heterocycles. The van der Waals surface area contributed by atoms with Crippen molar-refractivity contribution in [1.29, 1.82) is 0 Å². The van der Waals surface area contributed by atoms with Crippen molar-refractivity contribution in [3.05, 3.63) is 48.2 Å². The summed E-state index contributed by atoms with van der Waals surface area (Å²) in [6.07, 6.45) is -2.95. The third-order valence-electron chi connectivity index (χ3n) is 3.55. The predicted molar refractivity (Wildman–Crippen MR) is 88.1 cm³/mol. The molecule has 0 saturated carbocycles. The maximum absolute atomic E-state index is 12.8. The number of halogens is 3. The Morgan fingerprint density at radius 1 is 1.19 bits per heavy atom. The highest BCUT2D eigenvalue weighted by Gasteiger charge is 2.30. The van der Waals surface area contributed by atoms with Gasteiger partial charge in [-0.15, -0.1) is 0 Å². The third-order valence-corrected chi connectivity index (χ3v) is 3.55. The summed E-state index contributed by atoms with van der Waals surface area (Å²) < 4.78 is 43.6. The lowest BCUT2D eigenvalue weighted by atomic mass is 10.1. The summed E-state index contributed by atoms with van der Waals surface area (Å²) >= 11 is 0. The van der Waals surface area contributed by atoms with Gasteiger partial charge >= 0.3 is 6.18 Å². The van der Waals surface area contributed by atoms with Crippen molar-refractivity contribution in [2.45, 2.75) is 19.1 Å². The van der Waals surface area contributed by atoms with Gasteiger partial charge in [-0.3, -0.25) is 0 Å². The fourth-order valence-electron chi connectivity index (χ4n) is 2.20. The zero-order valence-corrected chi connectivity index (χ0v) is 13.7. The maximum Gasteiger partial charge on any atom is 0.416 e. The lowest BCUT2D eigenvalue weighted by molar-refractivity contribution is -0.137. The summed E-state index contributed by atoms with van der Waals surface area (Å²) in [4.78, 5) is 8.31. The Labute approximate surface area is 146 Å². The number of hydrogen-bond acceptors (Lipinski definition) is 6. The van der Waals surface area contributed by atoms with Crippen LogP contribution in [0.4, 0.5) is 19.0 Å². The lowest BCUT2D eigenvalue weighted by Crippen LogP contribution is -2.19. The van der Waals surface area contributed by atoms with Crippen molar-refractivity contribution >= 4 is 5.82 Å². The SMILES string of the molecule is C[C@H](CO)Nc1ccc(-c2nc(-c3cccc(C(F)(F)F)c3)no2)cn1. The zero-order valence-electron chi connectivity index (χ0n) is 13.7. The standard InChI is InChI=1S/C17H15F3N4O2/c1-10(9-25)22-14-6-5-12(8-21-14)16-23-15(24-26-16)11-3-2-4-13(7-11)17(18,19)20/h2-8,10,25H,9H2,1H3,(H,21,22)/t10-/m1/s1. The summed E-state index contributed by atoms with van der Waals surface area (Å²) in [5.74, 6) is 0.766. The second-order valence-corrected chi connectivity index (χ2v) is 5.66. The summed E-state index contributed by atoms with van der Waals surface area (Å²) in [5.41, 5.74) is -0.0489. The molecule has 0 spiro atoms. The van der Waals surface area contributed by atoms with Gasteiger partial charge in [0.1, 0.15) is 5.82 Å². The maximum atomic E-state index is 12.8. The number of alkyl halides is 3.